The largest absolute Gasteiger partial charge is 0.497 e. The Kier molecular flexibility index (Phi) is 4.51. The molecule has 0 bridgehead atoms. The molecule has 17 heavy (non-hydrogen) atoms. The van der Waals surface area contributed by atoms with Crippen molar-refractivity contribution in [1.29, 1.82) is 0 Å². The highest BCUT2D eigenvalue weighted by Crippen LogP contribution is 2.20. The van der Waals surface area contributed by atoms with Gasteiger partial charge in [0.1, 0.15) is 5.75 Å². The SMILES string of the molecule is COc1ccc(C(CC(N)=O)NC(C)=O)cc1. The van der Waals surface area contributed by atoms with E-state index in [2.05, 4.69) is 5.32 Å². The normalized spacial score (nSPS) is 11.6. The topological polar surface area (TPSA) is 81.4 Å². The third kappa shape index (κ3) is 4.14. The number of nitrogens with two attached hydrogens (primary N) is 1. The van der Waals surface area contributed by atoms with Crippen molar-refractivity contribution >= 4 is 11.8 Å². The van der Waals surface area contributed by atoms with Crippen molar-refractivity contribution in [3.63, 3.8) is 0 Å². The minimum absolute atomic E-state index is 0.0753. The number of amides is 2. The first-order chi connectivity index (χ1) is 8.02. The van der Waals surface area contributed by atoms with Crippen LogP contribution in [0.5, 0.6) is 5.75 Å². The molecule has 3 N–H and O–H groups in total. The molecule has 0 spiro atoms. The lowest BCUT2D eigenvalue weighted by Crippen LogP contribution is -2.29. The molecule has 1 unspecified atom stereocenters. The van der Waals surface area contributed by atoms with Gasteiger partial charge in [0.2, 0.25) is 11.8 Å². The van der Waals surface area contributed by atoms with Gasteiger partial charge in [-0.15, -0.1) is 0 Å². The molecule has 0 aliphatic rings. The third-order valence-electron chi connectivity index (χ3n) is 2.30. The lowest BCUT2D eigenvalue weighted by atomic mass is 10.0. The summed E-state index contributed by atoms with van der Waals surface area (Å²) in [5.74, 6) is 0.0565. The van der Waals surface area contributed by atoms with Crippen LogP contribution in [0.25, 0.3) is 0 Å². The van der Waals surface area contributed by atoms with Crippen molar-refractivity contribution in [3.8, 4) is 5.75 Å². The summed E-state index contributed by atoms with van der Waals surface area (Å²) < 4.78 is 5.03. The fourth-order valence-electron chi connectivity index (χ4n) is 1.53. The van der Waals surface area contributed by atoms with Gasteiger partial charge in [-0.2, -0.15) is 0 Å². The Labute approximate surface area is 99.9 Å². The Morgan fingerprint density at radius 3 is 2.35 bits per heavy atom. The highest BCUT2D eigenvalue weighted by atomic mass is 16.5. The zero-order chi connectivity index (χ0) is 12.8. The van der Waals surface area contributed by atoms with Crippen LogP contribution in [0.3, 0.4) is 0 Å². The van der Waals surface area contributed by atoms with E-state index in [1.165, 1.54) is 6.92 Å². The van der Waals surface area contributed by atoms with Gasteiger partial charge in [0.15, 0.2) is 0 Å². The number of primary amides is 1. The predicted octanol–water partition coefficient (Wildman–Crippen LogP) is 0.748. The van der Waals surface area contributed by atoms with Crippen molar-refractivity contribution in [3.05, 3.63) is 29.8 Å². The molecule has 0 aliphatic carbocycles. The molecule has 5 heteroatoms. The smallest absolute Gasteiger partial charge is 0.219 e. The molecule has 1 atom stereocenters. The Morgan fingerprint density at radius 2 is 1.94 bits per heavy atom. The maximum Gasteiger partial charge on any atom is 0.219 e. The maximum absolute atomic E-state index is 11.0. The summed E-state index contributed by atoms with van der Waals surface area (Å²) in [6.45, 7) is 1.40. The van der Waals surface area contributed by atoms with E-state index in [0.717, 1.165) is 11.3 Å². The van der Waals surface area contributed by atoms with Gasteiger partial charge >= 0.3 is 0 Å². The molecule has 0 heterocycles. The second-order valence-corrected chi connectivity index (χ2v) is 3.70. The van der Waals surface area contributed by atoms with E-state index < -0.39 is 11.9 Å². The van der Waals surface area contributed by atoms with Gasteiger partial charge in [-0.3, -0.25) is 9.59 Å². The summed E-state index contributed by atoms with van der Waals surface area (Å²) in [6.07, 6.45) is 0.0753. The lowest BCUT2D eigenvalue weighted by Gasteiger charge is -2.16. The summed E-state index contributed by atoms with van der Waals surface area (Å²) in [7, 11) is 1.57. The second kappa shape index (κ2) is 5.89. The Hall–Kier alpha value is -2.04. The number of benzene rings is 1. The first-order valence-electron chi connectivity index (χ1n) is 5.22. The number of carbonyl (C=O) groups excluding carboxylic acids is 2. The lowest BCUT2D eigenvalue weighted by molar-refractivity contribution is -0.121. The van der Waals surface area contributed by atoms with Crippen LogP contribution >= 0.6 is 0 Å². The van der Waals surface area contributed by atoms with Crippen LogP contribution in [0.2, 0.25) is 0 Å². The van der Waals surface area contributed by atoms with Gasteiger partial charge in [-0.05, 0) is 17.7 Å². The van der Waals surface area contributed by atoms with E-state index in [4.69, 9.17) is 10.5 Å². The zero-order valence-corrected chi connectivity index (χ0v) is 9.90. The number of methoxy groups -OCH3 is 1. The number of ether oxygens (including phenoxy) is 1. The molecular weight excluding hydrogens is 220 g/mol. The van der Waals surface area contributed by atoms with Crippen LogP contribution in [0.4, 0.5) is 0 Å². The van der Waals surface area contributed by atoms with E-state index >= 15 is 0 Å². The van der Waals surface area contributed by atoms with Gasteiger partial charge < -0.3 is 15.8 Å². The second-order valence-electron chi connectivity index (χ2n) is 3.70. The quantitative estimate of drug-likeness (QED) is 0.791. The summed E-state index contributed by atoms with van der Waals surface area (Å²) in [5.41, 5.74) is 5.97. The van der Waals surface area contributed by atoms with E-state index in [0.29, 0.717) is 0 Å². The fourth-order valence-corrected chi connectivity index (χ4v) is 1.53. The van der Waals surface area contributed by atoms with Crippen LogP contribution in [0.15, 0.2) is 24.3 Å². The van der Waals surface area contributed by atoms with Crippen molar-refractivity contribution in [2.45, 2.75) is 19.4 Å². The Morgan fingerprint density at radius 1 is 1.35 bits per heavy atom. The first kappa shape index (κ1) is 13.0. The molecule has 0 saturated heterocycles. The molecule has 1 aromatic rings. The highest BCUT2D eigenvalue weighted by Gasteiger charge is 2.15. The predicted molar refractivity (Wildman–Crippen MR) is 63.4 cm³/mol. The molecule has 92 valence electrons. The average molecular weight is 236 g/mol. The number of rotatable bonds is 5. The van der Waals surface area contributed by atoms with Crippen molar-refractivity contribution < 1.29 is 14.3 Å². The van der Waals surface area contributed by atoms with E-state index in [1.54, 1.807) is 31.4 Å². The number of hydrogen-bond acceptors (Lipinski definition) is 3. The van der Waals surface area contributed by atoms with Crippen LogP contribution < -0.4 is 15.8 Å². The molecule has 0 radical (unpaired) electrons. The monoisotopic (exact) mass is 236 g/mol. The average Bonchev–Trinajstić information content (AvgIpc) is 2.27. The molecule has 0 aliphatic heterocycles. The number of hydrogen-bond donors (Lipinski definition) is 2. The maximum atomic E-state index is 11.0. The van der Waals surface area contributed by atoms with Gasteiger partial charge in [0.25, 0.3) is 0 Å². The minimum atomic E-state index is -0.459. The summed E-state index contributed by atoms with van der Waals surface area (Å²) in [6, 6.07) is 6.73. The van der Waals surface area contributed by atoms with E-state index in [1.807, 2.05) is 0 Å². The highest BCUT2D eigenvalue weighted by molar-refractivity contribution is 5.77. The summed E-state index contributed by atoms with van der Waals surface area (Å²) >= 11 is 0. The minimum Gasteiger partial charge on any atom is -0.497 e. The van der Waals surface area contributed by atoms with Crippen LogP contribution in [-0.2, 0) is 9.59 Å². The summed E-state index contributed by atoms with van der Waals surface area (Å²) in [5, 5.41) is 2.68. The zero-order valence-electron chi connectivity index (χ0n) is 9.90. The van der Waals surface area contributed by atoms with E-state index in [9.17, 15) is 9.59 Å². The standard InChI is InChI=1S/C12H16N2O3/c1-8(15)14-11(7-12(13)16)9-3-5-10(17-2)6-4-9/h3-6,11H,7H2,1-2H3,(H2,13,16)(H,14,15). The van der Waals surface area contributed by atoms with Gasteiger partial charge in [-0.25, -0.2) is 0 Å². The molecule has 0 aromatic heterocycles. The van der Waals surface area contributed by atoms with Crippen molar-refractivity contribution in [2.75, 3.05) is 7.11 Å². The molecule has 1 aromatic carbocycles. The molecule has 5 nitrogen and oxygen atoms in total. The van der Waals surface area contributed by atoms with Gasteiger partial charge in [0, 0.05) is 6.92 Å². The van der Waals surface area contributed by atoms with Crippen molar-refractivity contribution in [1.82, 2.24) is 5.32 Å². The van der Waals surface area contributed by atoms with Gasteiger partial charge in [0.05, 0.1) is 19.6 Å². The van der Waals surface area contributed by atoms with Crippen molar-refractivity contribution in [2.24, 2.45) is 5.73 Å². The molecule has 0 fully saturated rings. The third-order valence-corrected chi connectivity index (χ3v) is 2.30. The summed E-state index contributed by atoms with van der Waals surface area (Å²) in [4.78, 5) is 22.0. The Bertz CT molecular complexity index is 385. The molecule has 1 rings (SSSR count). The van der Waals surface area contributed by atoms with Crippen LogP contribution in [0, 0.1) is 0 Å². The fraction of sp³-hybridized carbons (Fsp3) is 0.333. The van der Waals surface area contributed by atoms with E-state index in [-0.39, 0.29) is 12.3 Å². The number of carbonyl (C=O) groups is 2. The van der Waals surface area contributed by atoms with Gasteiger partial charge in [-0.1, -0.05) is 12.1 Å². The molecule has 2 amide bonds. The molecule has 0 saturated carbocycles. The van der Waals surface area contributed by atoms with Crippen LogP contribution in [0.1, 0.15) is 24.9 Å². The number of nitrogens with one attached hydrogen (secondary N) is 1. The Balaban J connectivity index is 2.86. The first-order valence-corrected chi connectivity index (χ1v) is 5.22. The molecular formula is C12H16N2O3. The van der Waals surface area contributed by atoms with Crippen LogP contribution in [-0.4, -0.2) is 18.9 Å².